The van der Waals surface area contributed by atoms with Crippen LogP contribution >= 0.6 is 0 Å². The minimum Gasteiger partial charge on any atom is -0.496 e. The van der Waals surface area contributed by atoms with Gasteiger partial charge in [0.05, 0.1) is 29.5 Å². The molecular formula is C23H24FN5O. The molecule has 4 aromatic rings. The van der Waals surface area contributed by atoms with E-state index in [1.165, 1.54) is 0 Å². The Morgan fingerprint density at radius 3 is 2.60 bits per heavy atom. The molecule has 0 aliphatic carbocycles. The topological polar surface area (TPSA) is 67.8 Å². The molecule has 0 saturated heterocycles. The van der Waals surface area contributed by atoms with Gasteiger partial charge in [-0.2, -0.15) is 0 Å². The van der Waals surface area contributed by atoms with E-state index in [9.17, 15) is 4.39 Å². The van der Waals surface area contributed by atoms with E-state index in [0.29, 0.717) is 5.75 Å². The Labute approximate surface area is 174 Å². The highest BCUT2D eigenvalue weighted by Crippen LogP contribution is 2.47. The number of H-pyrrole nitrogens is 1. The summed E-state index contributed by atoms with van der Waals surface area (Å²) in [4.78, 5) is 3.31. The first-order chi connectivity index (χ1) is 14.2. The second kappa shape index (κ2) is 6.08. The van der Waals surface area contributed by atoms with Crippen molar-refractivity contribution < 1.29 is 9.13 Å². The summed E-state index contributed by atoms with van der Waals surface area (Å²) in [7, 11) is 1.64. The Kier molecular flexibility index (Phi) is 3.78. The number of nitrogens with one attached hydrogen (secondary N) is 2. The fourth-order valence-electron chi connectivity index (χ4n) is 4.61. The molecule has 0 fully saturated rings. The molecule has 0 bridgehead atoms. The predicted molar refractivity (Wildman–Crippen MR) is 116 cm³/mol. The van der Waals surface area contributed by atoms with E-state index >= 15 is 0 Å². The molecule has 30 heavy (non-hydrogen) atoms. The van der Waals surface area contributed by atoms with Gasteiger partial charge in [-0.1, -0.05) is 0 Å². The number of methoxy groups -OCH3 is 1. The summed E-state index contributed by atoms with van der Waals surface area (Å²) in [5.74, 6) is 2.05. The van der Waals surface area contributed by atoms with Crippen LogP contribution in [0.15, 0.2) is 24.4 Å². The summed E-state index contributed by atoms with van der Waals surface area (Å²) < 4.78 is 22.5. The summed E-state index contributed by atoms with van der Waals surface area (Å²) in [5.41, 5.74) is 5.98. The quantitative estimate of drug-likeness (QED) is 0.484. The lowest BCUT2D eigenvalue weighted by Crippen LogP contribution is -2.36. The molecule has 0 spiro atoms. The summed E-state index contributed by atoms with van der Waals surface area (Å²) in [6, 6.07) is 5.11. The highest BCUT2D eigenvalue weighted by molar-refractivity contribution is 6.00. The van der Waals surface area contributed by atoms with Crippen molar-refractivity contribution in [2.75, 3.05) is 12.4 Å². The molecule has 0 radical (unpaired) electrons. The summed E-state index contributed by atoms with van der Waals surface area (Å²) in [6.45, 7) is 10.1. The fourth-order valence-corrected chi connectivity index (χ4v) is 4.61. The Hall–Kier alpha value is -3.35. The van der Waals surface area contributed by atoms with Crippen LogP contribution < -0.4 is 10.1 Å². The van der Waals surface area contributed by atoms with Gasteiger partial charge >= 0.3 is 0 Å². The molecule has 6 nitrogen and oxygen atoms in total. The highest BCUT2D eigenvalue weighted by atomic mass is 19.1. The summed E-state index contributed by atoms with van der Waals surface area (Å²) in [5, 5.41) is 13.2. The highest BCUT2D eigenvalue weighted by Gasteiger charge is 2.36. The van der Waals surface area contributed by atoms with E-state index in [4.69, 9.17) is 4.74 Å². The van der Waals surface area contributed by atoms with Gasteiger partial charge in [-0.15, -0.1) is 10.2 Å². The lowest BCUT2D eigenvalue weighted by molar-refractivity contribution is 0.415. The van der Waals surface area contributed by atoms with Gasteiger partial charge in [0.2, 0.25) is 0 Å². The molecule has 7 heteroatoms. The van der Waals surface area contributed by atoms with Crippen molar-refractivity contribution >= 4 is 16.6 Å². The number of hydrogen-bond donors (Lipinski definition) is 2. The van der Waals surface area contributed by atoms with Crippen LogP contribution in [-0.2, 0) is 5.54 Å². The zero-order valence-corrected chi connectivity index (χ0v) is 17.9. The number of aromatic nitrogens is 4. The molecule has 3 heterocycles. The van der Waals surface area contributed by atoms with Crippen molar-refractivity contribution in [3.8, 4) is 22.6 Å². The number of benzene rings is 2. The smallest absolute Gasteiger partial charge is 0.162 e. The number of nitrogens with zero attached hydrogens (tertiary/aromatic N) is 3. The second-order valence-corrected chi connectivity index (χ2v) is 8.48. The molecule has 0 saturated carbocycles. The average molecular weight is 405 g/mol. The van der Waals surface area contributed by atoms with Crippen LogP contribution in [0.25, 0.3) is 27.7 Å². The van der Waals surface area contributed by atoms with Gasteiger partial charge in [-0.3, -0.25) is 4.57 Å². The van der Waals surface area contributed by atoms with Crippen LogP contribution in [0.3, 0.4) is 0 Å². The number of aromatic amines is 1. The van der Waals surface area contributed by atoms with Gasteiger partial charge in [0.15, 0.2) is 5.82 Å². The fraction of sp³-hybridized carbons (Fsp3) is 0.304. The zero-order chi connectivity index (χ0) is 21.4. The van der Waals surface area contributed by atoms with E-state index in [1.54, 1.807) is 19.2 Å². The number of halogens is 1. The Morgan fingerprint density at radius 2 is 1.87 bits per heavy atom. The van der Waals surface area contributed by atoms with Crippen LogP contribution in [0.2, 0.25) is 0 Å². The minimum atomic E-state index is -0.393. The number of rotatable bonds is 2. The number of fused-ring (bicyclic) bond motifs is 4. The average Bonchev–Trinajstić information content (AvgIpc) is 3.25. The van der Waals surface area contributed by atoms with E-state index in [-0.39, 0.29) is 5.82 Å². The molecule has 2 aromatic carbocycles. The first-order valence-electron chi connectivity index (χ1n) is 9.93. The monoisotopic (exact) mass is 405 g/mol. The molecule has 5 rings (SSSR count). The maximum absolute atomic E-state index is 14.6. The Bertz CT molecular complexity index is 1330. The van der Waals surface area contributed by atoms with Crippen molar-refractivity contribution in [1.29, 1.82) is 0 Å². The number of hydrogen-bond acceptors (Lipinski definition) is 4. The second-order valence-electron chi connectivity index (χ2n) is 8.48. The van der Waals surface area contributed by atoms with Crippen molar-refractivity contribution in [2.24, 2.45) is 0 Å². The van der Waals surface area contributed by atoms with Gasteiger partial charge in [0, 0.05) is 28.8 Å². The maximum atomic E-state index is 14.6. The summed E-state index contributed by atoms with van der Waals surface area (Å²) in [6.07, 6.45) is 1.90. The molecule has 1 aliphatic heterocycles. The van der Waals surface area contributed by atoms with Gasteiger partial charge in [-0.05, 0) is 57.9 Å². The lowest BCUT2D eigenvalue weighted by Gasteiger charge is -2.35. The molecule has 0 unspecified atom stereocenters. The number of aryl methyl sites for hydroxylation is 2. The van der Waals surface area contributed by atoms with E-state index in [2.05, 4.69) is 38.9 Å². The molecule has 1 aliphatic rings. The standard InChI is InChI=1S/C23H24FN5O/c1-11-10-25-20-15(11)7-14(24)8-16(20)19-12(2)21-17(9-18(19)30-6)26-23(4,5)22-28-27-13(3)29(21)22/h7-10,25-26H,1-6H3. The molecule has 154 valence electrons. The number of ether oxygens (including phenoxy) is 1. The SMILES string of the molecule is COc1cc2c(c(C)c1-c1cc(F)cc3c(C)c[nH]c13)-n1c(C)nnc1C(C)(C)N2. The van der Waals surface area contributed by atoms with Crippen LogP contribution in [0.1, 0.15) is 36.6 Å². The van der Waals surface area contributed by atoms with E-state index in [1.807, 2.05) is 33.0 Å². The molecule has 0 atom stereocenters. The van der Waals surface area contributed by atoms with Crippen LogP contribution in [0, 0.1) is 26.6 Å². The maximum Gasteiger partial charge on any atom is 0.162 e. The lowest BCUT2D eigenvalue weighted by atomic mass is 9.91. The first-order valence-corrected chi connectivity index (χ1v) is 9.93. The first kappa shape index (κ1) is 18.7. The van der Waals surface area contributed by atoms with Crippen molar-refractivity contribution in [2.45, 2.75) is 40.2 Å². The Morgan fingerprint density at radius 1 is 1.10 bits per heavy atom. The normalized spacial score (nSPS) is 14.4. The van der Waals surface area contributed by atoms with E-state index < -0.39 is 5.54 Å². The predicted octanol–water partition coefficient (Wildman–Crippen LogP) is 5.15. The number of anilines is 1. The largest absolute Gasteiger partial charge is 0.496 e. The third kappa shape index (κ3) is 2.41. The van der Waals surface area contributed by atoms with Crippen molar-refractivity contribution in [1.82, 2.24) is 19.7 Å². The molecular weight excluding hydrogens is 381 g/mol. The summed E-state index contributed by atoms with van der Waals surface area (Å²) >= 11 is 0. The van der Waals surface area contributed by atoms with Gasteiger partial charge in [-0.25, -0.2) is 4.39 Å². The zero-order valence-electron chi connectivity index (χ0n) is 17.9. The van der Waals surface area contributed by atoms with Gasteiger partial charge < -0.3 is 15.0 Å². The van der Waals surface area contributed by atoms with Crippen molar-refractivity contribution in [3.63, 3.8) is 0 Å². The van der Waals surface area contributed by atoms with Crippen LogP contribution in [0.4, 0.5) is 10.1 Å². The van der Waals surface area contributed by atoms with E-state index in [0.717, 1.165) is 56.2 Å². The van der Waals surface area contributed by atoms with Gasteiger partial charge in [0.1, 0.15) is 17.4 Å². The van der Waals surface area contributed by atoms with Crippen molar-refractivity contribution in [3.05, 3.63) is 53.0 Å². The van der Waals surface area contributed by atoms with Crippen LogP contribution in [-0.4, -0.2) is 26.9 Å². The van der Waals surface area contributed by atoms with Crippen LogP contribution in [0.5, 0.6) is 5.75 Å². The third-order valence-corrected chi connectivity index (χ3v) is 6.01. The molecule has 2 N–H and O–H groups in total. The third-order valence-electron chi connectivity index (χ3n) is 6.01. The molecule has 2 aromatic heterocycles. The molecule has 0 amide bonds. The Balaban J connectivity index is 1.89. The van der Waals surface area contributed by atoms with Gasteiger partial charge in [0.25, 0.3) is 0 Å². The minimum absolute atomic E-state index is 0.278.